The molecule has 1 aliphatic heterocycles. The van der Waals surface area contributed by atoms with Crippen molar-refractivity contribution >= 4 is 0 Å². The van der Waals surface area contributed by atoms with Crippen LogP contribution in [0.25, 0.3) is 0 Å². The summed E-state index contributed by atoms with van der Waals surface area (Å²) in [5, 5.41) is 0. The van der Waals surface area contributed by atoms with E-state index in [1.54, 1.807) is 7.11 Å². The number of methoxy groups -OCH3 is 1. The number of hydrogen-bond acceptors (Lipinski definition) is 4. The third-order valence-electron chi connectivity index (χ3n) is 4.00. The quantitative estimate of drug-likeness (QED) is 0.656. The Balaban J connectivity index is 1.69. The molecular formula is C18H29NO3. The van der Waals surface area contributed by atoms with Gasteiger partial charge in [-0.2, -0.15) is 0 Å². The maximum absolute atomic E-state index is 5.88. The second kappa shape index (κ2) is 9.70. The van der Waals surface area contributed by atoms with Crippen molar-refractivity contribution < 1.29 is 14.2 Å². The molecule has 0 aliphatic carbocycles. The summed E-state index contributed by atoms with van der Waals surface area (Å²) in [6.45, 7) is 7.94. The van der Waals surface area contributed by atoms with Crippen LogP contribution in [-0.2, 0) is 11.2 Å². The molecule has 22 heavy (non-hydrogen) atoms. The standard InChI is InChI=1S/C18H29NO3/c1-3-6-16-7-8-17(18(15-16)20-2)22-12-5-4-9-19-10-13-21-14-11-19/h7-8,15H,3-6,9-14H2,1-2H3. The fraction of sp³-hybridized carbons (Fsp3) is 0.667. The number of hydrogen-bond donors (Lipinski definition) is 0. The maximum atomic E-state index is 5.88. The van der Waals surface area contributed by atoms with Crippen LogP contribution in [0.3, 0.4) is 0 Å². The Morgan fingerprint density at radius 3 is 2.68 bits per heavy atom. The Labute approximate surface area is 134 Å². The smallest absolute Gasteiger partial charge is 0.161 e. The first-order valence-electron chi connectivity index (χ1n) is 8.43. The Hall–Kier alpha value is -1.26. The monoisotopic (exact) mass is 307 g/mol. The van der Waals surface area contributed by atoms with E-state index in [1.165, 1.54) is 5.56 Å². The molecule has 1 saturated heterocycles. The van der Waals surface area contributed by atoms with Crippen LogP contribution in [0.4, 0.5) is 0 Å². The molecule has 0 radical (unpaired) electrons. The molecule has 0 aromatic heterocycles. The molecule has 1 aromatic rings. The van der Waals surface area contributed by atoms with Gasteiger partial charge < -0.3 is 14.2 Å². The van der Waals surface area contributed by atoms with Crippen LogP contribution in [0.5, 0.6) is 11.5 Å². The molecule has 4 nitrogen and oxygen atoms in total. The highest BCUT2D eigenvalue weighted by Crippen LogP contribution is 2.28. The van der Waals surface area contributed by atoms with Gasteiger partial charge in [0.1, 0.15) is 0 Å². The molecular weight excluding hydrogens is 278 g/mol. The maximum Gasteiger partial charge on any atom is 0.161 e. The van der Waals surface area contributed by atoms with Crippen molar-refractivity contribution in [1.29, 1.82) is 0 Å². The molecule has 1 aliphatic rings. The summed E-state index contributed by atoms with van der Waals surface area (Å²) < 4.78 is 16.7. The van der Waals surface area contributed by atoms with Gasteiger partial charge in [-0.1, -0.05) is 19.4 Å². The van der Waals surface area contributed by atoms with E-state index < -0.39 is 0 Å². The van der Waals surface area contributed by atoms with Crippen LogP contribution in [-0.4, -0.2) is 51.5 Å². The average Bonchev–Trinajstić information content (AvgIpc) is 2.56. The van der Waals surface area contributed by atoms with Gasteiger partial charge in [-0.25, -0.2) is 0 Å². The number of nitrogens with zero attached hydrogens (tertiary/aromatic N) is 1. The number of unbranched alkanes of at least 4 members (excludes halogenated alkanes) is 1. The van der Waals surface area contributed by atoms with E-state index >= 15 is 0 Å². The summed E-state index contributed by atoms with van der Waals surface area (Å²) in [7, 11) is 1.70. The molecule has 1 aromatic carbocycles. The van der Waals surface area contributed by atoms with E-state index in [9.17, 15) is 0 Å². The van der Waals surface area contributed by atoms with Crippen molar-refractivity contribution in [3.63, 3.8) is 0 Å². The molecule has 124 valence electrons. The zero-order chi connectivity index (χ0) is 15.6. The van der Waals surface area contributed by atoms with Crippen LogP contribution < -0.4 is 9.47 Å². The topological polar surface area (TPSA) is 30.9 Å². The first kappa shape index (κ1) is 17.1. The number of benzene rings is 1. The largest absolute Gasteiger partial charge is 0.493 e. The summed E-state index contributed by atoms with van der Waals surface area (Å²) in [5.41, 5.74) is 1.30. The lowest BCUT2D eigenvalue weighted by Crippen LogP contribution is -2.36. The van der Waals surface area contributed by atoms with Crippen LogP contribution in [0, 0.1) is 0 Å². The lowest BCUT2D eigenvalue weighted by molar-refractivity contribution is 0.0368. The molecule has 0 unspecified atom stereocenters. The van der Waals surface area contributed by atoms with E-state index in [1.807, 2.05) is 6.07 Å². The Kier molecular flexibility index (Phi) is 7.54. The van der Waals surface area contributed by atoms with Gasteiger partial charge in [-0.15, -0.1) is 0 Å². The SMILES string of the molecule is CCCc1ccc(OCCCCN2CCOCC2)c(OC)c1. The van der Waals surface area contributed by atoms with Crippen molar-refractivity contribution in [3.05, 3.63) is 23.8 Å². The molecule has 0 spiro atoms. The number of ether oxygens (including phenoxy) is 3. The molecule has 0 atom stereocenters. The lowest BCUT2D eigenvalue weighted by atomic mass is 10.1. The normalized spacial score (nSPS) is 15.7. The van der Waals surface area contributed by atoms with Crippen molar-refractivity contribution in [2.75, 3.05) is 46.6 Å². The highest BCUT2D eigenvalue weighted by molar-refractivity contribution is 5.43. The predicted molar refractivity (Wildman–Crippen MR) is 89.0 cm³/mol. The van der Waals surface area contributed by atoms with Crippen molar-refractivity contribution in [3.8, 4) is 11.5 Å². The fourth-order valence-electron chi connectivity index (χ4n) is 2.72. The van der Waals surface area contributed by atoms with Crippen LogP contribution in [0.15, 0.2) is 18.2 Å². The lowest BCUT2D eigenvalue weighted by Gasteiger charge is -2.26. The van der Waals surface area contributed by atoms with Gasteiger partial charge in [-0.05, 0) is 43.5 Å². The summed E-state index contributed by atoms with van der Waals surface area (Å²) in [5.74, 6) is 1.70. The van der Waals surface area contributed by atoms with Crippen molar-refractivity contribution in [1.82, 2.24) is 4.90 Å². The highest BCUT2D eigenvalue weighted by Gasteiger charge is 2.09. The second-order valence-electron chi connectivity index (χ2n) is 5.74. The Morgan fingerprint density at radius 1 is 1.14 bits per heavy atom. The zero-order valence-electron chi connectivity index (χ0n) is 14.0. The van der Waals surface area contributed by atoms with Crippen molar-refractivity contribution in [2.24, 2.45) is 0 Å². The van der Waals surface area contributed by atoms with Crippen LogP contribution in [0.1, 0.15) is 31.7 Å². The van der Waals surface area contributed by atoms with Crippen molar-refractivity contribution in [2.45, 2.75) is 32.6 Å². The summed E-state index contributed by atoms with van der Waals surface area (Å²) in [6, 6.07) is 6.26. The van der Waals surface area contributed by atoms with Crippen LogP contribution >= 0.6 is 0 Å². The van der Waals surface area contributed by atoms with Crippen LogP contribution in [0.2, 0.25) is 0 Å². The average molecular weight is 307 g/mol. The summed E-state index contributed by atoms with van der Waals surface area (Å²) in [4.78, 5) is 2.46. The Bertz CT molecular complexity index is 430. The molecule has 0 bridgehead atoms. The van der Waals surface area contributed by atoms with Gasteiger partial charge in [0.05, 0.1) is 26.9 Å². The first-order valence-corrected chi connectivity index (χ1v) is 8.43. The number of morpholine rings is 1. The minimum atomic E-state index is 0.744. The minimum absolute atomic E-state index is 0.744. The second-order valence-corrected chi connectivity index (χ2v) is 5.74. The van der Waals surface area contributed by atoms with Gasteiger partial charge in [0, 0.05) is 13.1 Å². The minimum Gasteiger partial charge on any atom is -0.493 e. The molecule has 0 N–H and O–H groups in total. The number of rotatable bonds is 9. The summed E-state index contributed by atoms with van der Waals surface area (Å²) >= 11 is 0. The predicted octanol–water partition coefficient (Wildman–Crippen LogP) is 3.14. The van der Waals surface area contributed by atoms with Gasteiger partial charge in [0.25, 0.3) is 0 Å². The summed E-state index contributed by atoms with van der Waals surface area (Å²) in [6.07, 6.45) is 4.45. The van der Waals surface area contributed by atoms with Gasteiger partial charge in [0.15, 0.2) is 11.5 Å². The molecule has 1 heterocycles. The molecule has 1 fully saturated rings. The Morgan fingerprint density at radius 2 is 1.95 bits per heavy atom. The van der Waals surface area contributed by atoms with E-state index in [4.69, 9.17) is 14.2 Å². The molecule has 2 rings (SSSR count). The first-order chi connectivity index (χ1) is 10.8. The van der Waals surface area contributed by atoms with Gasteiger partial charge in [0.2, 0.25) is 0 Å². The zero-order valence-corrected chi connectivity index (χ0v) is 14.0. The highest BCUT2D eigenvalue weighted by atomic mass is 16.5. The van der Waals surface area contributed by atoms with E-state index in [0.29, 0.717) is 0 Å². The third kappa shape index (κ3) is 5.50. The molecule has 0 saturated carbocycles. The van der Waals surface area contributed by atoms with E-state index in [0.717, 1.165) is 76.6 Å². The molecule has 0 amide bonds. The van der Waals surface area contributed by atoms with E-state index in [-0.39, 0.29) is 0 Å². The van der Waals surface area contributed by atoms with Gasteiger partial charge >= 0.3 is 0 Å². The van der Waals surface area contributed by atoms with E-state index in [2.05, 4.69) is 24.0 Å². The fourth-order valence-corrected chi connectivity index (χ4v) is 2.72. The molecule has 4 heteroatoms. The number of aryl methyl sites for hydroxylation is 1. The van der Waals surface area contributed by atoms with Gasteiger partial charge in [-0.3, -0.25) is 4.90 Å². The third-order valence-corrected chi connectivity index (χ3v) is 4.00.